The molecule has 1 fully saturated rings. The SMILES string of the molecule is O=C(C=C1NC2(CCNCC2)Cc2ccccc21)c1ccccc1. The number of hydrogen-bond donors (Lipinski definition) is 2. The summed E-state index contributed by atoms with van der Waals surface area (Å²) in [7, 11) is 0. The first-order chi connectivity index (χ1) is 11.8. The van der Waals surface area contributed by atoms with Crippen molar-refractivity contribution in [1.82, 2.24) is 10.6 Å². The first-order valence-corrected chi connectivity index (χ1v) is 8.64. The lowest BCUT2D eigenvalue weighted by Gasteiger charge is -2.44. The summed E-state index contributed by atoms with van der Waals surface area (Å²) in [5.74, 6) is 0.0545. The predicted octanol–water partition coefficient (Wildman–Crippen LogP) is 3.18. The highest BCUT2D eigenvalue weighted by Gasteiger charge is 2.37. The minimum atomic E-state index is 0.0545. The fraction of sp³-hybridized carbons (Fsp3) is 0.286. The van der Waals surface area contributed by atoms with E-state index in [0.717, 1.165) is 49.2 Å². The zero-order valence-corrected chi connectivity index (χ0v) is 13.7. The summed E-state index contributed by atoms with van der Waals surface area (Å²) in [6, 6.07) is 17.9. The van der Waals surface area contributed by atoms with Crippen LogP contribution in [0.5, 0.6) is 0 Å². The van der Waals surface area contributed by atoms with Crippen molar-refractivity contribution in [1.29, 1.82) is 0 Å². The molecule has 0 unspecified atom stereocenters. The Morgan fingerprint density at radius 3 is 2.46 bits per heavy atom. The zero-order chi connectivity index (χ0) is 16.4. The number of benzene rings is 2. The van der Waals surface area contributed by atoms with Crippen LogP contribution < -0.4 is 10.6 Å². The first-order valence-electron chi connectivity index (χ1n) is 8.64. The van der Waals surface area contributed by atoms with Crippen LogP contribution in [0.2, 0.25) is 0 Å². The molecule has 0 radical (unpaired) electrons. The molecule has 2 heterocycles. The van der Waals surface area contributed by atoms with Crippen molar-refractivity contribution in [3.05, 3.63) is 77.4 Å². The number of carbonyl (C=O) groups is 1. The highest BCUT2D eigenvalue weighted by Crippen LogP contribution is 2.34. The van der Waals surface area contributed by atoms with E-state index in [4.69, 9.17) is 0 Å². The minimum Gasteiger partial charge on any atom is -0.379 e. The molecule has 2 aromatic rings. The minimum absolute atomic E-state index is 0.0545. The second kappa shape index (κ2) is 6.25. The van der Waals surface area contributed by atoms with Crippen LogP contribution in [0.1, 0.15) is 34.3 Å². The Hall–Kier alpha value is -2.39. The molecule has 2 N–H and O–H groups in total. The van der Waals surface area contributed by atoms with E-state index in [-0.39, 0.29) is 11.3 Å². The Labute approximate surface area is 142 Å². The number of nitrogens with one attached hydrogen (secondary N) is 2. The van der Waals surface area contributed by atoms with Crippen LogP contribution in [-0.2, 0) is 6.42 Å². The summed E-state index contributed by atoms with van der Waals surface area (Å²) in [6.07, 6.45) is 4.97. The predicted molar refractivity (Wildman–Crippen MR) is 96.9 cm³/mol. The normalized spacial score (nSPS) is 20.4. The molecular weight excluding hydrogens is 296 g/mol. The van der Waals surface area contributed by atoms with Gasteiger partial charge in [-0.1, -0.05) is 54.6 Å². The molecule has 0 bridgehead atoms. The van der Waals surface area contributed by atoms with Crippen molar-refractivity contribution < 1.29 is 4.79 Å². The van der Waals surface area contributed by atoms with Crippen LogP contribution in [0.25, 0.3) is 5.70 Å². The maximum Gasteiger partial charge on any atom is 0.187 e. The van der Waals surface area contributed by atoms with Crippen molar-refractivity contribution in [2.24, 2.45) is 0 Å². The average molecular weight is 318 g/mol. The van der Waals surface area contributed by atoms with Gasteiger partial charge in [0, 0.05) is 28.4 Å². The molecule has 2 aromatic carbocycles. The molecule has 122 valence electrons. The van der Waals surface area contributed by atoms with Gasteiger partial charge >= 0.3 is 0 Å². The van der Waals surface area contributed by atoms with E-state index in [1.54, 1.807) is 6.08 Å². The van der Waals surface area contributed by atoms with Gasteiger partial charge in [-0.25, -0.2) is 0 Å². The maximum atomic E-state index is 12.7. The molecule has 0 aliphatic carbocycles. The van der Waals surface area contributed by atoms with Crippen LogP contribution in [0, 0.1) is 0 Å². The third-order valence-electron chi connectivity index (χ3n) is 5.13. The molecule has 4 rings (SSSR count). The molecule has 1 spiro atoms. The number of rotatable bonds is 2. The van der Waals surface area contributed by atoms with Crippen molar-refractivity contribution in [2.75, 3.05) is 13.1 Å². The largest absolute Gasteiger partial charge is 0.379 e. The van der Waals surface area contributed by atoms with Crippen LogP contribution in [0.3, 0.4) is 0 Å². The van der Waals surface area contributed by atoms with E-state index in [2.05, 4.69) is 28.8 Å². The molecule has 3 heteroatoms. The lowest BCUT2D eigenvalue weighted by Crippen LogP contribution is -2.55. The Morgan fingerprint density at radius 1 is 0.958 bits per heavy atom. The van der Waals surface area contributed by atoms with E-state index in [9.17, 15) is 4.79 Å². The molecule has 2 aliphatic rings. The van der Waals surface area contributed by atoms with Gasteiger partial charge in [-0.15, -0.1) is 0 Å². The van der Waals surface area contributed by atoms with Gasteiger partial charge in [0.25, 0.3) is 0 Å². The quantitative estimate of drug-likeness (QED) is 0.660. The summed E-state index contributed by atoms with van der Waals surface area (Å²) >= 11 is 0. The Kier molecular flexibility index (Phi) is 3.95. The molecule has 24 heavy (non-hydrogen) atoms. The van der Waals surface area contributed by atoms with Crippen molar-refractivity contribution >= 4 is 11.5 Å². The van der Waals surface area contributed by atoms with Crippen LogP contribution in [0.4, 0.5) is 0 Å². The van der Waals surface area contributed by atoms with Gasteiger partial charge in [0.2, 0.25) is 0 Å². The molecule has 0 aromatic heterocycles. The molecule has 2 aliphatic heterocycles. The Morgan fingerprint density at radius 2 is 1.67 bits per heavy atom. The van der Waals surface area contributed by atoms with Crippen molar-refractivity contribution in [3.63, 3.8) is 0 Å². The number of piperidine rings is 1. The van der Waals surface area contributed by atoms with E-state index in [0.29, 0.717) is 0 Å². The Balaban J connectivity index is 1.73. The second-order valence-corrected chi connectivity index (χ2v) is 6.78. The fourth-order valence-electron chi connectivity index (χ4n) is 3.84. The molecular formula is C21H22N2O. The third-order valence-corrected chi connectivity index (χ3v) is 5.13. The summed E-state index contributed by atoms with van der Waals surface area (Å²) < 4.78 is 0. The summed E-state index contributed by atoms with van der Waals surface area (Å²) in [5.41, 5.74) is 4.26. The van der Waals surface area contributed by atoms with E-state index < -0.39 is 0 Å². The monoisotopic (exact) mass is 318 g/mol. The topological polar surface area (TPSA) is 41.1 Å². The van der Waals surface area contributed by atoms with Gasteiger partial charge in [0.15, 0.2) is 5.78 Å². The number of hydrogen-bond acceptors (Lipinski definition) is 3. The summed E-state index contributed by atoms with van der Waals surface area (Å²) in [6.45, 7) is 2.05. The number of carbonyl (C=O) groups excluding carboxylic acids is 1. The number of allylic oxidation sites excluding steroid dienone is 1. The van der Waals surface area contributed by atoms with Gasteiger partial charge in [0.05, 0.1) is 0 Å². The van der Waals surface area contributed by atoms with E-state index >= 15 is 0 Å². The Bertz CT molecular complexity index is 773. The average Bonchev–Trinajstić information content (AvgIpc) is 2.63. The number of ketones is 1. The van der Waals surface area contributed by atoms with Gasteiger partial charge in [0.1, 0.15) is 0 Å². The third kappa shape index (κ3) is 2.87. The molecule has 3 nitrogen and oxygen atoms in total. The van der Waals surface area contributed by atoms with E-state index in [1.165, 1.54) is 5.56 Å². The highest BCUT2D eigenvalue weighted by atomic mass is 16.1. The van der Waals surface area contributed by atoms with Gasteiger partial charge in [-0.05, 0) is 37.9 Å². The van der Waals surface area contributed by atoms with Crippen LogP contribution in [-0.4, -0.2) is 24.4 Å². The molecule has 1 saturated heterocycles. The second-order valence-electron chi connectivity index (χ2n) is 6.78. The van der Waals surface area contributed by atoms with Gasteiger partial charge in [-0.3, -0.25) is 4.79 Å². The summed E-state index contributed by atoms with van der Waals surface area (Å²) in [4.78, 5) is 12.7. The molecule has 0 amide bonds. The van der Waals surface area contributed by atoms with Crippen molar-refractivity contribution in [2.45, 2.75) is 24.8 Å². The van der Waals surface area contributed by atoms with Gasteiger partial charge in [-0.2, -0.15) is 0 Å². The maximum absolute atomic E-state index is 12.7. The molecule has 0 saturated carbocycles. The number of fused-ring (bicyclic) bond motifs is 1. The van der Waals surface area contributed by atoms with Crippen LogP contribution >= 0.6 is 0 Å². The highest BCUT2D eigenvalue weighted by molar-refractivity contribution is 6.08. The van der Waals surface area contributed by atoms with Crippen LogP contribution in [0.15, 0.2) is 60.7 Å². The zero-order valence-electron chi connectivity index (χ0n) is 13.7. The molecule has 0 atom stereocenters. The van der Waals surface area contributed by atoms with Gasteiger partial charge < -0.3 is 10.6 Å². The van der Waals surface area contributed by atoms with E-state index in [1.807, 2.05) is 36.4 Å². The van der Waals surface area contributed by atoms with Crippen molar-refractivity contribution in [3.8, 4) is 0 Å². The lowest BCUT2D eigenvalue weighted by molar-refractivity contribution is 0.104. The fourth-order valence-corrected chi connectivity index (χ4v) is 3.84. The smallest absolute Gasteiger partial charge is 0.187 e. The summed E-state index contributed by atoms with van der Waals surface area (Å²) in [5, 5.41) is 7.16. The lowest BCUT2D eigenvalue weighted by atomic mass is 9.77. The first kappa shape index (κ1) is 15.2. The standard InChI is InChI=1S/C21H22N2O/c24-20(16-6-2-1-3-7-16)14-19-18-9-5-4-8-17(18)15-21(23-19)10-12-22-13-11-21/h1-9,14,22-23H,10-13,15H2.